The van der Waals surface area contributed by atoms with Crippen molar-refractivity contribution in [2.75, 3.05) is 7.11 Å². The van der Waals surface area contributed by atoms with Crippen LogP contribution in [0.5, 0.6) is 5.75 Å². The van der Waals surface area contributed by atoms with Crippen molar-refractivity contribution in [1.29, 1.82) is 0 Å². The van der Waals surface area contributed by atoms with E-state index in [1.807, 2.05) is 43.3 Å². The summed E-state index contributed by atoms with van der Waals surface area (Å²) in [5.74, 6) is 6.53. The van der Waals surface area contributed by atoms with Crippen LogP contribution in [0.15, 0.2) is 42.5 Å². The molecule has 0 aliphatic heterocycles. The smallest absolute Gasteiger partial charge is 0.118 e. The molecule has 0 aliphatic carbocycles. The van der Waals surface area contributed by atoms with Gasteiger partial charge in [-0.05, 0) is 48.2 Å². The molecule has 0 radical (unpaired) electrons. The summed E-state index contributed by atoms with van der Waals surface area (Å²) in [7, 11) is 1.66. The third kappa shape index (κ3) is 3.51. The largest absolute Gasteiger partial charge is 0.497 e. The van der Waals surface area contributed by atoms with E-state index in [0.717, 1.165) is 28.3 Å². The van der Waals surface area contributed by atoms with Crippen molar-refractivity contribution in [2.24, 2.45) is 5.84 Å². The number of rotatable bonds is 5. The Morgan fingerprint density at radius 3 is 2.45 bits per heavy atom. The highest BCUT2D eigenvalue weighted by Gasteiger charge is 2.12. The van der Waals surface area contributed by atoms with Gasteiger partial charge in [0.25, 0.3) is 0 Å². The van der Waals surface area contributed by atoms with Gasteiger partial charge in [-0.2, -0.15) is 0 Å². The van der Waals surface area contributed by atoms with Gasteiger partial charge < -0.3 is 4.74 Å². The van der Waals surface area contributed by atoms with Gasteiger partial charge >= 0.3 is 0 Å². The Kier molecular flexibility index (Phi) is 5.01. The molecular formula is C16H19ClN2O. The topological polar surface area (TPSA) is 47.3 Å². The molecule has 2 aromatic carbocycles. The number of nitrogens with two attached hydrogens (primary N) is 1. The molecule has 0 heterocycles. The van der Waals surface area contributed by atoms with Gasteiger partial charge in [0.05, 0.1) is 13.2 Å². The van der Waals surface area contributed by atoms with Crippen molar-refractivity contribution >= 4 is 11.6 Å². The summed E-state index contributed by atoms with van der Waals surface area (Å²) in [5.41, 5.74) is 6.19. The molecule has 1 atom stereocenters. The molecule has 3 N–H and O–H groups in total. The van der Waals surface area contributed by atoms with Crippen LogP contribution in [0.1, 0.15) is 22.7 Å². The van der Waals surface area contributed by atoms with E-state index in [-0.39, 0.29) is 6.04 Å². The maximum absolute atomic E-state index is 6.17. The van der Waals surface area contributed by atoms with Crippen LogP contribution < -0.4 is 16.0 Å². The molecule has 2 rings (SSSR count). The summed E-state index contributed by atoms with van der Waals surface area (Å²) in [4.78, 5) is 0. The van der Waals surface area contributed by atoms with Gasteiger partial charge in [-0.1, -0.05) is 35.9 Å². The van der Waals surface area contributed by atoms with Crippen LogP contribution in [-0.2, 0) is 6.42 Å². The second-order valence-corrected chi connectivity index (χ2v) is 5.19. The first kappa shape index (κ1) is 14.9. The maximum atomic E-state index is 6.17. The van der Waals surface area contributed by atoms with Crippen molar-refractivity contribution in [3.8, 4) is 5.75 Å². The lowest BCUT2D eigenvalue weighted by Gasteiger charge is -2.17. The summed E-state index contributed by atoms with van der Waals surface area (Å²) in [5, 5.41) is 0.762. The second kappa shape index (κ2) is 6.75. The lowest BCUT2D eigenvalue weighted by atomic mass is 9.98. The molecule has 3 nitrogen and oxygen atoms in total. The van der Waals surface area contributed by atoms with E-state index in [1.165, 1.54) is 5.56 Å². The predicted molar refractivity (Wildman–Crippen MR) is 83.0 cm³/mol. The van der Waals surface area contributed by atoms with Crippen LogP contribution in [0.2, 0.25) is 5.02 Å². The van der Waals surface area contributed by atoms with Gasteiger partial charge in [-0.15, -0.1) is 0 Å². The predicted octanol–water partition coefficient (Wildman–Crippen LogP) is 3.40. The number of hydrazine groups is 1. The van der Waals surface area contributed by atoms with E-state index < -0.39 is 0 Å². The first-order valence-electron chi connectivity index (χ1n) is 6.49. The average Bonchev–Trinajstić information content (AvgIpc) is 2.48. The minimum atomic E-state index is 0.0292. The number of hydrogen-bond acceptors (Lipinski definition) is 3. The van der Waals surface area contributed by atoms with Crippen LogP contribution in [0.3, 0.4) is 0 Å². The van der Waals surface area contributed by atoms with E-state index in [1.54, 1.807) is 7.11 Å². The summed E-state index contributed by atoms with van der Waals surface area (Å²) >= 11 is 6.17. The van der Waals surface area contributed by atoms with E-state index in [0.29, 0.717) is 0 Å². The molecule has 2 aromatic rings. The highest BCUT2D eigenvalue weighted by Crippen LogP contribution is 2.24. The Labute approximate surface area is 124 Å². The van der Waals surface area contributed by atoms with E-state index >= 15 is 0 Å². The highest BCUT2D eigenvalue weighted by molar-refractivity contribution is 6.31. The van der Waals surface area contributed by atoms with E-state index in [2.05, 4.69) is 11.5 Å². The lowest BCUT2D eigenvalue weighted by molar-refractivity contribution is 0.414. The van der Waals surface area contributed by atoms with Crippen LogP contribution in [0.25, 0.3) is 0 Å². The third-order valence-electron chi connectivity index (χ3n) is 3.40. The fraction of sp³-hybridized carbons (Fsp3) is 0.250. The van der Waals surface area contributed by atoms with E-state index in [4.69, 9.17) is 22.2 Å². The molecule has 0 saturated carbocycles. The molecule has 0 aliphatic rings. The van der Waals surface area contributed by atoms with Crippen molar-refractivity contribution in [1.82, 2.24) is 5.43 Å². The normalized spacial score (nSPS) is 12.2. The molecule has 0 fully saturated rings. The number of nitrogens with one attached hydrogen (secondary N) is 1. The fourth-order valence-electron chi connectivity index (χ4n) is 2.10. The Hall–Kier alpha value is -1.55. The third-order valence-corrected chi connectivity index (χ3v) is 3.81. The standard InChI is InChI=1S/C16H19ClN2O/c1-11-3-6-13(10-15(11)17)16(19-18)9-12-4-7-14(20-2)8-5-12/h3-8,10,16,19H,9,18H2,1-2H3. The molecule has 0 spiro atoms. The van der Waals surface area contributed by atoms with Crippen LogP contribution in [0.4, 0.5) is 0 Å². The number of halogens is 1. The van der Waals surface area contributed by atoms with Crippen molar-refractivity contribution in [2.45, 2.75) is 19.4 Å². The first-order chi connectivity index (χ1) is 9.63. The number of ether oxygens (including phenoxy) is 1. The number of hydrogen-bond donors (Lipinski definition) is 2. The number of benzene rings is 2. The van der Waals surface area contributed by atoms with Crippen molar-refractivity contribution in [3.63, 3.8) is 0 Å². The van der Waals surface area contributed by atoms with Gasteiger partial charge in [0.2, 0.25) is 0 Å². The average molecular weight is 291 g/mol. The maximum Gasteiger partial charge on any atom is 0.118 e. The molecule has 20 heavy (non-hydrogen) atoms. The molecule has 0 aromatic heterocycles. The highest BCUT2D eigenvalue weighted by atomic mass is 35.5. The zero-order chi connectivity index (χ0) is 14.5. The van der Waals surface area contributed by atoms with Gasteiger partial charge in [0.1, 0.15) is 5.75 Å². The summed E-state index contributed by atoms with van der Waals surface area (Å²) in [6.07, 6.45) is 0.792. The molecule has 4 heteroatoms. The van der Waals surface area contributed by atoms with Gasteiger partial charge in [-0.25, -0.2) is 0 Å². The Morgan fingerprint density at radius 1 is 1.20 bits per heavy atom. The molecule has 0 bridgehead atoms. The zero-order valence-corrected chi connectivity index (χ0v) is 12.4. The van der Waals surface area contributed by atoms with Crippen LogP contribution >= 0.6 is 11.6 Å². The van der Waals surface area contributed by atoms with Gasteiger partial charge in [-0.3, -0.25) is 11.3 Å². The lowest BCUT2D eigenvalue weighted by Crippen LogP contribution is -2.29. The Balaban J connectivity index is 2.16. The Morgan fingerprint density at radius 2 is 1.90 bits per heavy atom. The minimum Gasteiger partial charge on any atom is -0.497 e. The fourth-order valence-corrected chi connectivity index (χ4v) is 2.29. The molecule has 0 amide bonds. The van der Waals surface area contributed by atoms with Crippen LogP contribution in [0, 0.1) is 6.92 Å². The SMILES string of the molecule is COc1ccc(CC(NN)c2ccc(C)c(Cl)c2)cc1. The molecule has 1 unspecified atom stereocenters. The number of aryl methyl sites for hydroxylation is 1. The summed E-state index contributed by atoms with van der Waals surface area (Å²) in [6.45, 7) is 1.99. The van der Waals surface area contributed by atoms with Crippen molar-refractivity contribution in [3.05, 3.63) is 64.2 Å². The van der Waals surface area contributed by atoms with Crippen molar-refractivity contribution < 1.29 is 4.74 Å². The monoisotopic (exact) mass is 290 g/mol. The summed E-state index contributed by atoms with van der Waals surface area (Å²) < 4.78 is 5.16. The quantitative estimate of drug-likeness (QED) is 0.655. The minimum absolute atomic E-state index is 0.0292. The van der Waals surface area contributed by atoms with Gasteiger partial charge in [0.15, 0.2) is 0 Å². The van der Waals surface area contributed by atoms with Crippen LogP contribution in [-0.4, -0.2) is 7.11 Å². The van der Waals surface area contributed by atoms with Gasteiger partial charge in [0, 0.05) is 5.02 Å². The van der Waals surface area contributed by atoms with E-state index in [9.17, 15) is 0 Å². The zero-order valence-electron chi connectivity index (χ0n) is 11.7. The first-order valence-corrected chi connectivity index (χ1v) is 6.87. The molecular weight excluding hydrogens is 272 g/mol. The summed E-state index contributed by atoms with van der Waals surface area (Å²) in [6, 6.07) is 14.0. The molecule has 0 saturated heterocycles. The second-order valence-electron chi connectivity index (χ2n) is 4.78. The number of methoxy groups -OCH3 is 1. The molecule has 106 valence electrons. The Bertz CT molecular complexity index is 569.